The molecule has 0 aliphatic carbocycles. The summed E-state index contributed by atoms with van der Waals surface area (Å²) in [5.41, 5.74) is 3.06. The summed E-state index contributed by atoms with van der Waals surface area (Å²) >= 11 is 1.64. The zero-order valence-electron chi connectivity index (χ0n) is 14.9. The first kappa shape index (κ1) is 18.6. The topological polar surface area (TPSA) is 58.6 Å². The van der Waals surface area contributed by atoms with E-state index in [1.54, 1.807) is 11.3 Å². The lowest BCUT2D eigenvalue weighted by molar-refractivity contribution is -0.141. The van der Waals surface area contributed by atoms with E-state index in [0.29, 0.717) is 26.2 Å². The van der Waals surface area contributed by atoms with Crippen LogP contribution in [0.25, 0.3) is 0 Å². The van der Waals surface area contributed by atoms with Gasteiger partial charge in [0.25, 0.3) is 0 Å². The molecule has 26 heavy (non-hydrogen) atoms. The second-order valence-corrected chi connectivity index (χ2v) is 7.35. The molecule has 5 nitrogen and oxygen atoms in total. The van der Waals surface area contributed by atoms with Gasteiger partial charge >= 0.3 is 0 Å². The van der Waals surface area contributed by atoms with Gasteiger partial charge in [0, 0.05) is 25.1 Å². The Kier molecular flexibility index (Phi) is 6.41. The number of nitrogens with zero attached hydrogens (tertiary/aromatic N) is 1. The molecule has 138 valence electrons. The van der Waals surface area contributed by atoms with Crippen molar-refractivity contribution < 1.29 is 14.3 Å². The van der Waals surface area contributed by atoms with E-state index in [9.17, 15) is 9.59 Å². The molecule has 1 aromatic heterocycles. The van der Waals surface area contributed by atoms with Crippen molar-refractivity contribution in [2.24, 2.45) is 0 Å². The Labute approximate surface area is 158 Å². The summed E-state index contributed by atoms with van der Waals surface area (Å²) in [5.74, 6) is -0.00501. The third-order valence-corrected chi connectivity index (χ3v) is 5.21. The molecule has 2 amide bonds. The summed E-state index contributed by atoms with van der Waals surface area (Å²) < 4.78 is 5.51. The Bertz CT molecular complexity index is 745. The van der Waals surface area contributed by atoms with Crippen LogP contribution in [-0.2, 0) is 20.7 Å². The molecule has 0 bridgehead atoms. The van der Waals surface area contributed by atoms with E-state index >= 15 is 0 Å². The van der Waals surface area contributed by atoms with Gasteiger partial charge < -0.3 is 15.0 Å². The van der Waals surface area contributed by atoms with Crippen molar-refractivity contribution >= 4 is 28.8 Å². The number of hydrogen-bond donors (Lipinski definition) is 1. The number of thiophene rings is 1. The van der Waals surface area contributed by atoms with E-state index in [1.807, 2.05) is 47.5 Å². The average Bonchev–Trinajstić information content (AvgIpc) is 3.13. The minimum absolute atomic E-state index is 0.0906. The molecule has 3 rings (SSSR count). The predicted molar refractivity (Wildman–Crippen MR) is 103 cm³/mol. The fraction of sp³-hybridized carbons (Fsp3) is 0.400. The van der Waals surface area contributed by atoms with E-state index in [4.69, 9.17) is 4.74 Å². The van der Waals surface area contributed by atoms with Crippen molar-refractivity contribution in [3.8, 4) is 0 Å². The maximum absolute atomic E-state index is 12.6. The van der Waals surface area contributed by atoms with Gasteiger partial charge in [-0.05, 0) is 53.4 Å². The highest BCUT2D eigenvalue weighted by Crippen LogP contribution is 2.16. The largest absolute Gasteiger partial charge is 0.377 e. The number of morpholine rings is 1. The molecule has 0 radical (unpaired) electrons. The van der Waals surface area contributed by atoms with Crippen LogP contribution >= 0.6 is 11.3 Å². The van der Waals surface area contributed by atoms with Crippen LogP contribution in [0.1, 0.15) is 24.0 Å². The van der Waals surface area contributed by atoms with Crippen molar-refractivity contribution in [3.63, 3.8) is 0 Å². The molecule has 2 heterocycles. The van der Waals surface area contributed by atoms with E-state index in [2.05, 4.69) is 10.7 Å². The van der Waals surface area contributed by atoms with Gasteiger partial charge in [0.05, 0.1) is 19.3 Å². The van der Waals surface area contributed by atoms with Crippen LogP contribution in [0.5, 0.6) is 0 Å². The minimum atomic E-state index is -0.205. The molecule has 1 aliphatic heterocycles. The molecular weight excluding hydrogens is 348 g/mol. The Morgan fingerprint density at radius 3 is 3.00 bits per heavy atom. The fourth-order valence-corrected chi connectivity index (χ4v) is 3.83. The monoisotopic (exact) mass is 372 g/mol. The Balaban J connectivity index is 1.55. The van der Waals surface area contributed by atoms with Crippen LogP contribution in [0.3, 0.4) is 0 Å². The number of rotatable bonds is 6. The van der Waals surface area contributed by atoms with Gasteiger partial charge in [-0.15, -0.1) is 0 Å². The molecule has 1 aliphatic rings. The van der Waals surface area contributed by atoms with Gasteiger partial charge in [0.1, 0.15) is 0 Å². The molecule has 0 saturated carbocycles. The number of hydrogen-bond acceptors (Lipinski definition) is 4. The second kappa shape index (κ2) is 8.96. The van der Waals surface area contributed by atoms with Crippen LogP contribution in [0, 0.1) is 6.92 Å². The second-order valence-electron chi connectivity index (χ2n) is 6.57. The number of anilines is 1. The molecule has 6 heteroatoms. The normalized spacial score (nSPS) is 17.1. The summed E-state index contributed by atoms with van der Waals surface area (Å²) in [6.45, 7) is 3.47. The van der Waals surface area contributed by atoms with E-state index in [-0.39, 0.29) is 24.3 Å². The van der Waals surface area contributed by atoms with Crippen molar-refractivity contribution in [2.45, 2.75) is 32.2 Å². The first-order chi connectivity index (χ1) is 12.6. The van der Waals surface area contributed by atoms with Crippen molar-refractivity contribution in [2.75, 3.05) is 25.1 Å². The summed E-state index contributed by atoms with van der Waals surface area (Å²) in [6, 6.07) is 9.53. The lowest BCUT2D eigenvalue weighted by Crippen LogP contribution is -2.50. The van der Waals surface area contributed by atoms with Crippen LogP contribution in [0.2, 0.25) is 0 Å². The Morgan fingerprint density at radius 1 is 1.35 bits per heavy atom. The molecule has 2 aromatic rings. The maximum Gasteiger partial charge on any atom is 0.226 e. The number of amides is 2. The van der Waals surface area contributed by atoms with Crippen molar-refractivity contribution in [1.29, 1.82) is 0 Å². The summed E-state index contributed by atoms with van der Waals surface area (Å²) in [5, 5.41) is 7.00. The summed E-state index contributed by atoms with van der Waals surface area (Å²) in [6.07, 6.45) is 1.45. The SMILES string of the molecule is Cc1cccc(NC(=O)C[C@H]2COCCN2C(=O)CCc2ccsc2)c1. The van der Waals surface area contributed by atoms with Gasteiger partial charge in [-0.1, -0.05) is 12.1 Å². The minimum Gasteiger partial charge on any atom is -0.377 e. The predicted octanol–water partition coefficient (Wildman–Crippen LogP) is 3.25. The maximum atomic E-state index is 12.6. The van der Waals surface area contributed by atoms with E-state index in [1.165, 1.54) is 5.56 Å². The van der Waals surface area contributed by atoms with Crippen LogP contribution in [-0.4, -0.2) is 42.5 Å². The van der Waals surface area contributed by atoms with Gasteiger partial charge in [-0.25, -0.2) is 0 Å². The number of nitrogens with one attached hydrogen (secondary N) is 1. The summed E-state index contributed by atoms with van der Waals surface area (Å²) in [4.78, 5) is 26.8. The zero-order valence-corrected chi connectivity index (χ0v) is 15.8. The Hall–Kier alpha value is -2.18. The molecule has 0 unspecified atom stereocenters. The number of aryl methyl sites for hydroxylation is 2. The highest BCUT2D eigenvalue weighted by Gasteiger charge is 2.28. The third kappa shape index (κ3) is 5.16. The number of ether oxygens (including phenoxy) is 1. The van der Waals surface area contributed by atoms with Crippen LogP contribution in [0.4, 0.5) is 5.69 Å². The first-order valence-corrected chi connectivity index (χ1v) is 9.81. The van der Waals surface area contributed by atoms with Gasteiger partial charge in [0.15, 0.2) is 0 Å². The highest BCUT2D eigenvalue weighted by molar-refractivity contribution is 7.07. The zero-order chi connectivity index (χ0) is 18.4. The number of carbonyl (C=O) groups excluding carboxylic acids is 2. The standard InChI is InChI=1S/C20H24N2O3S/c1-15-3-2-4-17(11-15)21-19(23)12-18-13-25-9-8-22(18)20(24)6-5-16-7-10-26-14-16/h2-4,7,10-11,14,18H,5-6,8-9,12-13H2,1H3,(H,21,23)/t18-/m0/s1. The van der Waals surface area contributed by atoms with E-state index < -0.39 is 0 Å². The summed E-state index contributed by atoms with van der Waals surface area (Å²) in [7, 11) is 0. The van der Waals surface area contributed by atoms with Crippen molar-refractivity contribution in [1.82, 2.24) is 4.90 Å². The fourth-order valence-electron chi connectivity index (χ4n) is 3.13. The molecule has 1 fully saturated rings. The molecule has 1 aromatic carbocycles. The molecule has 1 atom stereocenters. The number of benzene rings is 1. The van der Waals surface area contributed by atoms with Crippen molar-refractivity contribution in [3.05, 3.63) is 52.2 Å². The molecule has 1 saturated heterocycles. The van der Waals surface area contributed by atoms with Crippen LogP contribution in [0.15, 0.2) is 41.1 Å². The Morgan fingerprint density at radius 2 is 2.23 bits per heavy atom. The van der Waals surface area contributed by atoms with Gasteiger partial charge in [0.2, 0.25) is 11.8 Å². The smallest absolute Gasteiger partial charge is 0.226 e. The molecular formula is C20H24N2O3S. The lowest BCUT2D eigenvalue weighted by Gasteiger charge is -2.35. The van der Waals surface area contributed by atoms with Crippen LogP contribution < -0.4 is 5.32 Å². The van der Waals surface area contributed by atoms with E-state index in [0.717, 1.165) is 17.7 Å². The first-order valence-electron chi connectivity index (χ1n) is 8.86. The average molecular weight is 372 g/mol. The van der Waals surface area contributed by atoms with Gasteiger partial charge in [-0.3, -0.25) is 9.59 Å². The number of carbonyl (C=O) groups is 2. The highest BCUT2D eigenvalue weighted by atomic mass is 32.1. The van der Waals surface area contributed by atoms with Gasteiger partial charge in [-0.2, -0.15) is 11.3 Å². The molecule has 0 spiro atoms. The lowest BCUT2D eigenvalue weighted by atomic mass is 10.1. The molecule has 1 N–H and O–H groups in total. The third-order valence-electron chi connectivity index (χ3n) is 4.48. The quantitative estimate of drug-likeness (QED) is 0.847.